The van der Waals surface area contributed by atoms with Crippen molar-refractivity contribution < 1.29 is 19.1 Å². The Morgan fingerprint density at radius 1 is 1.30 bits per heavy atom. The molecule has 7 heteroatoms. The maximum Gasteiger partial charge on any atom is 0.338 e. The van der Waals surface area contributed by atoms with Gasteiger partial charge < -0.3 is 10.1 Å². The third kappa shape index (κ3) is 7.09. The molecule has 0 aliphatic carbocycles. The number of nitrogens with one attached hydrogen (secondary N) is 2. The SMILES string of the molecule is CC(C)CCNC(=O)NC(=O)COC(=O)c1cccc(C#N)c1. The number of urea groups is 1. The van der Waals surface area contributed by atoms with Crippen LogP contribution in [0.2, 0.25) is 0 Å². The Hall–Kier alpha value is -2.88. The summed E-state index contributed by atoms with van der Waals surface area (Å²) in [5.41, 5.74) is 0.478. The molecule has 1 aromatic rings. The van der Waals surface area contributed by atoms with E-state index in [1.807, 2.05) is 19.9 Å². The molecule has 0 aliphatic rings. The summed E-state index contributed by atoms with van der Waals surface area (Å²) in [7, 11) is 0. The number of esters is 1. The molecule has 0 atom stereocenters. The number of hydrogen-bond acceptors (Lipinski definition) is 5. The quantitative estimate of drug-likeness (QED) is 0.774. The molecule has 0 aliphatic heterocycles. The number of carbonyl (C=O) groups is 3. The highest BCUT2D eigenvalue weighted by Crippen LogP contribution is 2.05. The van der Waals surface area contributed by atoms with Crippen LogP contribution in [0.25, 0.3) is 0 Å². The van der Waals surface area contributed by atoms with Gasteiger partial charge in [0.2, 0.25) is 0 Å². The standard InChI is InChI=1S/C16H19N3O4/c1-11(2)6-7-18-16(22)19-14(20)10-23-15(21)13-5-3-4-12(8-13)9-17/h3-5,8,11H,6-7,10H2,1-2H3,(H2,18,19,20,22). The van der Waals surface area contributed by atoms with Gasteiger partial charge in [-0.05, 0) is 30.5 Å². The lowest BCUT2D eigenvalue weighted by atomic mass is 10.1. The van der Waals surface area contributed by atoms with Gasteiger partial charge in [-0.15, -0.1) is 0 Å². The van der Waals surface area contributed by atoms with E-state index in [4.69, 9.17) is 10.00 Å². The molecule has 1 rings (SSSR count). The minimum absolute atomic E-state index is 0.165. The van der Waals surface area contributed by atoms with Crippen LogP contribution in [0.15, 0.2) is 24.3 Å². The summed E-state index contributed by atoms with van der Waals surface area (Å²) in [4.78, 5) is 34.7. The second kappa shape index (κ2) is 9.20. The van der Waals surface area contributed by atoms with Crippen LogP contribution in [0.4, 0.5) is 4.79 Å². The molecule has 0 saturated carbocycles. The van der Waals surface area contributed by atoms with Gasteiger partial charge in [0.15, 0.2) is 6.61 Å². The largest absolute Gasteiger partial charge is 0.452 e. The third-order valence-electron chi connectivity index (χ3n) is 2.82. The van der Waals surface area contributed by atoms with E-state index < -0.39 is 24.5 Å². The number of rotatable bonds is 6. The smallest absolute Gasteiger partial charge is 0.338 e. The van der Waals surface area contributed by atoms with Crippen LogP contribution < -0.4 is 10.6 Å². The molecule has 3 amide bonds. The van der Waals surface area contributed by atoms with Gasteiger partial charge in [0, 0.05) is 6.54 Å². The molecule has 7 nitrogen and oxygen atoms in total. The number of ether oxygens (including phenoxy) is 1. The highest BCUT2D eigenvalue weighted by Gasteiger charge is 2.12. The van der Waals surface area contributed by atoms with Crippen molar-refractivity contribution in [1.82, 2.24) is 10.6 Å². The average Bonchev–Trinajstić information content (AvgIpc) is 2.52. The van der Waals surface area contributed by atoms with Crippen molar-refractivity contribution in [3.8, 4) is 6.07 Å². The Labute approximate surface area is 134 Å². The first kappa shape index (κ1) is 18.2. The van der Waals surface area contributed by atoms with Crippen molar-refractivity contribution >= 4 is 17.9 Å². The maximum absolute atomic E-state index is 11.7. The summed E-state index contributed by atoms with van der Waals surface area (Å²) < 4.78 is 4.79. The molecule has 0 saturated heterocycles. The molecule has 0 fully saturated rings. The highest BCUT2D eigenvalue weighted by atomic mass is 16.5. The van der Waals surface area contributed by atoms with Crippen LogP contribution in [-0.2, 0) is 9.53 Å². The minimum Gasteiger partial charge on any atom is -0.452 e. The predicted octanol–water partition coefficient (Wildman–Crippen LogP) is 1.59. The summed E-state index contributed by atoms with van der Waals surface area (Å²) in [6, 6.07) is 7.19. The van der Waals surface area contributed by atoms with Crippen LogP contribution in [0, 0.1) is 17.2 Å². The fraction of sp³-hybridized carbons (Fsp3) is 0.375. The zero-order chi connectivity index (χ0) is 17.2. The molecule has 1 aromatic carbocycles. The van der Waals surface area contributed by atoms with Gasteiger partial charge in [-0.2, -0.15) is 5.26 Å². The van der Waals surface area contributed by atoms with E-state index in [0.717, 1.165) is 6.42 Å². The number of imide groups is 1. The van der Waals surface area contributed by atoms with Gasteiger partial charge >= 0.3 is 12.0 Å². The molecule has 122 valence electrons. The fourth-order valence-corrected chi connectivity index (χ4v) is 1.61. The number of amides is 3. The lowest BCUT2D eigenvalue weighted by Crippen LogP contribution is -2.41. The van der Waals surface area contributed by atoms with Gasteiger partial charge in [-0.25, -0.2) is 9.59 Å². The van der Waals surface area contributed by atoms with Crippen molar-refractivity contribution in [1.29, 1.82) is 5.26 Å². The van der Waals surface area contributed by atoms with Crippen molar-refractivity contribution in [3.63, 3.8) is 0 Å². The van der Waals surface area contributed by atoms with Crippen LogP contribution in [-0.4, -0.2) is 31.1 Å². The Kier molecular flexibility index (Phi) is 7.27. The first-order chi connectivity index (χ1) is 10.9. The lowest BCUT2D eigenvalue weighted by Gasteiger charge is -2.08. The third-order valence-corrected chi connectivity index (χ3v) is 2.82. The van der Waals surface area contributed by atoms with Crippen molar-refractivity contribution in [3.05, 3.63) is 35.4 Å². The molecular formula is C16H19N3O4. The van der Waals surface area contributed by atoms with Gasteiger partial charge in [0.1, 0.15) is 0 Å². The number of carbonyl (C=O) groups excluding carboxylic acids is 3. The second-order valence-electron chi connectivity index (χ2n) is 5.26. The fourth-order valence-electron chi connectivity index (χ4n) is 1.61. The second-order valence-corrected chi connectivity index (χ2v) is 5.26. The summed E-state index contributed by atoms with van der Waals surface area (Å²) in [6.07, 6.45) is 0.797. The summed E-state index contributed by atoms with van der Waals surface area (Å²) >= 11 is 0. The van der Waals surface area contributed by atoms with Gasteiger partial charge in [0.05, 0.1) is 17.2 Å². The molecule has 0 heterocycles. The van der Waals surface area contributed by atoms with E-state index in [1.54, 1.807) is 6.07 Å². The normalized spacial score (nSPS) is 9.83. The van der Waals surface area contributed by atoms with Crippen LogP contribution in [0.5, 0.6) is 0 Å². The predicted molar refractivity (Wildman–Crippen MR) is 82.4 cm³/mol. The first-order valence-corrected chi connectivity index (χ1v) is 7.17. The van der Waals surface area contributed by atoms with E-state index in [0.29, 0.717) is 18.0 Å². The Morgan fingerprint density at radius 2 is 2.04 bits per heavy atom. The number of hydrogen-bond donors (Lipinski definition) is 2. The molecule has 0 unspecified atom stereocenters. The van der Waals surface area contributed by atoms with Gasteiger partial charge in [0.25, 0.3) is 5.91 Å². The number of benzene rings is 1. The number of nitriles is 1. The van der Waals surface area contributed by atoms with Crippen molar-refractivity contribution in [2.24, 2.45) is 5.92 Å². The molecule has 2 N–H and O–H groups in total. The molecule has 0 radical (unpaired) electrons. The van der Waals surface area contributed by atoms with E-state index >= 15 is 0 Å². The summed E-state index contributed by atoms with van der Waals surface area (Å²) in [6.45, 7) is 3.92. The number of nitrogens with zero attached hydrogens (tertiary/aromatic N) is 1. The molecule has 0 aromatic heterocycles. The highest BCUT2D eigenvalue weighted by molar-refractivity contribution is 5.97. The van der Waals surface area contributed by atoms with E-state index in [2.05, 4.69) is 10.6 Å². The van der Waals surface area contributed by atoms with E-state index in [-0.39, 0.29) is 5.56 Å². The molecular weight excluding hydrogens is 298 g/mol. The Bertz CT molecular complexity index is 620. The van der Waals surface area contributed by atoms with Crippen molar-refractivity contribution in [2.45, 2.75) is 20.3 Å². The van der Waals surface area contributed by atoms with Crippen LogP contribution in [0.1, 0.15) is 36.2 Å². The summed E-state index contributed by atoms with van der Waals surface area (Å²) in [5.74, 6) is -1.02. The van der Waals surface area contributed by atoms with Gasteiger partial charge in [-0.3, -0.25) is 10.1 Å². The Morgan fingerprint density at radius 3 is 2.70 bits per heavy atom. The molecule has 0 spiro atoms. The van der Waals surface area contributed by atoms with Crippen LogP contribution >= 0.6 is 0 Å². The topological polar surface area (TPSA) is 108 Å². The first-order valence-electron chi connectivity index (χ1n) is 7.17. The monoisotopic (exact) mass is 317 g/mol. The van der Waals surface area contributed by atoms with Gasteiger partial charge in [-0.1, -0.05) is 19.9 Å². The molecule has 0 bridgehead atoms. The minimum atomic E-state index is -0.738. The van der Waals surface area contributed by atoms with E-state index in [1.165, 1.54) is 18.2 Å². The average molecular weight is 317 g/mol. The zero-order valence-corrected chi connectivity index (χ0v) is 13.1. The van der Waals surface area contributed by atoms with Crippen molar-refractivity contribution in [2.75, 3.05) is 13.2 Å². The summed E-state index contributed by atoms with van der Waals surface area (Å²) in [5, 5.41) is 13.4. The van der Waals surface area contributed by atoms with Crippen LogP contribution in [0.3, 0.4) is 0 Å². The maximum atomic E-state index is 11.7. The zero-order valence-electron chi connectivity index (χ0n) is 13.1. The molecule has 23 heavy (non-hydrogen) atoms. The van der Waals surface area contributed by atoms with E-state index in [9.17, 15) is 14.4 Å². The Balaban J connectivity index is 2.36. The lowest BCUT2D eigenvalue weighted by molar-refractivity contribution is -0.123.